The molecule has 0 aromatic heterocycles. The minimum Gasteiger partial charge on any atom is -0.498 e. The zero-order valence-electron chi connectivity index (χ0n) is 10.1. The molecule has 16 heavy (non-hydrogen) atoms. The standard InChI is InChI=1S/C6H10O2.C6H14O2/c1-3-7-5-6-8-4-2;1-2-3-4-5-6(7)8/h3-4H,1-2,5-6H2;6-8H,2-5H2,1H3. The van der Waals surface area contributed by atoms with Crippen LogP contribution in [0, 0.1) is 0 Å². The lowest BCUT2D eigenvalue weighted by atomic mass is 10.2. The van der Waals surface area contributed by atoms with Gasteiger partial charge < -0.3 is 19.7 Å². The van der Waals surface area contributed by atoms with Crippen LogP contribution in [-0.2, 0) is 9.47 Å². The number of rotatable bonds is 9. The molecule has 0 radical (unpaired) electrons. The van der Waals surface area contributed by atoms with Crippen LogP contribution >= 0.6 is 0 Å². The summed E-state index contributed by atoms with van der Waals surface area (Å²) in [6, 6.07) is 0. The molecule has 0 aromatic carbocycles. The topological polar surface area (TPSA) is 58.9 Å². The molecule has 0 aliphatic carbocycles. The zero-order chi connectivity index (χ0) is 12.6. The highest BCUT2D eigenvalue weighted by Gasteiger charge is 1.93. The Labute approximate surface area is 98.2 Å². The Kier molecular flexibility index (Phi) is 17.9. The summed E-state index contributed by atoms with van der Waals surface area (Å²) < 4.78 is 9.45. The molecular formula is C12H24O4. The SMILES string of the molecule is C=COCCOC=C.CCCCCC(O)O. The van der Waals surface area contributed by atoms with Gasteiger partial charge in [0.1, 0.15) is 13.2 Å². The molecule has 0 fully saturated rings. The van der Waals surface area contributed by atoms with Crippen LogP contribution in [0.3, 0.4) is 0 Å². The molecule has 0 amide bonds. The molecule has 0 aromatic rings. The van der Waals surface area contributed by atoms with E-state index < -0.39 is 6.29 Å². The Balaban J connectivity index is 0. The van der Waals surface area contributed by atoms with Crippen LogP contribution in [0.5, 0.6) is 0 Å². The van der Waals surface area contributed by atoms with Crippen LogP contribution in [0.1, 0.15) is 32.6 Å². The summed E-state index contributed by atoms with van der Waals surface area (Å²) in [4.78, 5) is 0. The van der Waals surface area contributed by atoms with E-state index in [1.165, 1.54) is 12.5 Å². The lowest BCUT2D eigenvalue weighted by Crippen LogP contribution is -2.02. The first-order valence-corrected chi connectivity index (χ1v) is 5.50. The zero-order valence-corrected chi connectivity index (χ0v) is 10.1. The number of ether oxygens (including phenoxy) is 2. The van der Waals surface area contributed by atoms with Gasteiger partial charge in [0.2, 0.25) is 0 Å². The van der Waals surface area contributed by atoms with E-state index in [9.17, 15) is 0 Å². The van der Waals surface area contributed by atoms with Crippen LogP contribution < -0.4 is 0 Å². The third kappa shape index (κ3) is 23.1. The van der Waals surface area contributed by atoms with E-state index >= 15 is 0 Å². The fraction of sp³-hybridized carbons (Fsp3) is 0.667. The third-order valence-electron chi connectivity index (χ3n) is 1.62. The molecule has 4 nitrogen and oxygen atoms in total. The van der Waals surface area contributed by atoms with Crippen molar-refractivity contribution in [1.29, 1.82) is 0 Å². The van der Waals surface area contributed by atoms with Crippen molar-refractivity contribution in [2.45, 2.75) is 38.9 Å². The van der Waals surface area contributed by atoms with Gasteiger partial charge in [-0.3, -0.25) is 0 Å². The van der Waals surface area contributed by atoms with Gasteiger partial charge in [-0.15, -0.1) is 0 Å². The lowest BCUT2D eigenvalue weighted by molar-refractivity contribution is -0.0465. The highest BCUT2D eigenvalue weighted by molar-refractivity contribution is 4.51. The molecule has 0 atom stereocenters. The second-order valence-corrected chi connectivity index (χ2v) is 3.05. The van der Waals surface area contributed by atoms with Gasteiger partial charge in [0.05, 0.1) is 12.5 Å². The van der Waals surface area contributed by atoms with Gasteiger partial charge in [0, 0.05) is 0 Å². The summed E-state index contributed by atoms with van der Waals surface area (Å²) in [5.41, 5.74) is 0. The van der Waals surface area contributed by atoms with Crippen molar-refractivity contribution in [3.63, 3.8) is 0 Å². The van der Waals surface area contributed by atoms with Crippen LogP contribution in [-0.4, -0.2) is 29.7 Å². The Hall–Kier alpha value is -1.00. The van der Waals surface area contributed by atoms with E-state index in [4.69, 9.17) is 19.7 Å². The molecule has 0 unspecified atom stereocenters. The summed E-state index contributed by atoms with van der Waals surface area (Å²) in [7, 11) is 0. The maximum absolute atomic E-state index is 8.33. The van der Waals surface area contributed by atoms with E-state index in [2.05, 4.69) is 20.1 Å². The average Bonchev–Trinajstić information content (AvgIpc) is 2.25. The van der Waals surface area contributed by atoms with Crippen molar-refractivity contribution in [2.75, 3.05) is 13.2 Å². The fourth-order valence-electron chi connectivity index (χ4n) is 0.840. The smallest absolute Gasteiger partial charge is 0.151 e. The van der Waals surface area contributed by atoms with Crippen LogP contribution in [0.2, 0.25) is 0 Å². The van der Waals surface area contributed by atoms with Gasteiger partial charge in [-0.2, -0.15) is 0 Å². The van der Waals surface area contributed by atoms with Crippen molar-refractivity contribution < 1.29 is 19.7 Å². The largest absolute Gasteiger partial charge is 0.498 e. The van der Waals surface area contributed by atoms with Crippen LogP contribution in [0.25, 0.3) is 0 Å². The maximum Gasteiger partial charge on any atom is 0.151 e. The first-order valence-electron chi connectivity index (χ1n) is 5.50. The quantitative estimate of drug-likeness (QED) is 0.363. The van der Waals surface area contributed by atoms with Crippen molar-refractivity contribution >= 4 is 0 Å². The lowest BCUT2D eigenvalue weighted by Gasteiger charge is -1.99. The summed E-state index contributed by atoms with van der Waals surface area (Å²) >= 11 is 0. The summed E-state index contributed by atoms with van der Waals surface area (Å²) in [5, 5.41) is 16.7. The molecule has 0 aliphatic rings. The molecule has 4 heteroatoms. The Bertz CT molecular complexity index is 136. The third-order valence-corrected chi connectivity index (χ3v) is 1.62. The van der Waals surface area contributed by atoms with Gasteiger partial charge in [0.15, 0.2) is 6.29 Å². The number of aliphatic hydroxyl groups excluding tert-OH is 1. The molecule has 0 saturated carbocycles. The van der Waals surface area contributed by atoms with Gasteiger partial charge in [-0.05, 0) is 12.8 Å². The van der Waals surface area contributed by atoms with E-state index in [1.807, 2.05) is 0 Å². The van der Waals surface area contributed by atoms with Gasteiger partial charge in [0.25, 0.3) is 0 Å². The van der Waals surface area contributed by atoms with E-state index in [0.717, 1.165) is 19.3 Å². The average molecular weight is 232 g/mol. The molecule has 0 rings (SSSR count). The van der Waals surface area contributed by atoms with Gasteiger partial charge in [-0.1, -0.05) is 32.9 Å². The van der Waals surface area contributed by atoms with E-state index in [1.54, 1.807) is 0 Å². The van der Waals surface area contributed by atoms with Crippen LogP contribution in [0.4, 0.5) is 0 Å². The number of aliphatic hydroxyl groups is 2. The predicted octanol–water partition coefficient (Wildman–Crippen LogP) is 2.18. The summed E-state index contributed by atoms with van der Waals surface area (Å²) in [6.07, 6.45) is 5.34. The second kappa shape index (κ2) is 16.4. The second-order valence-electron chi connectivity index (χ2n) is 3.05. The van der Waals surface area contributed by atoms with Gasteiger partial charge >= 0.3 is 0 Å². The molecule has 0 saturated heterocycles. The van der Waals surface area contributed by atoms with E-state index in [-0.39, 0.29) is 0 Å². The molecule has 2 N–H and O–H groups in total. The van der Waals surface area contributed by atoms with Crippen LogP contribution in [0.15, 0.2) is 25.7 Å². The summed E-state index contributed by atoms with van der Waals surface area (Å²) in [6.45, 7) is 9.87. The Morgan fingerprint density at radius 3 is 1.88 bits per heavy atom. The minimum absolute atomic E-state index is 0.522. The van der Waals surface area contributed by atoms with Crippen molar-refractivity contribution in [3.8, 4) is 0 Å². The molecule has 0 bridgehead atoms. The highest BCUT2D eigenvalue weighted by atomic mass is 16.5. The first-order chi connectivity index (χ1) is 7.68. The molecule has 0 aliphatic heterocycles. The molecular weight excluding hydrogens is 208 g/mol. The maximum atomic E-state index is 8.33. The molecule has 0 heterocycles. The monoisotopic (exact) mass is 232 g/mol. The minimum atomic E-state index is -1.10. The molecule has 0 spiro atoms. The van der Waals surface area contributed by atoms with E-state index in [0.29, 0.717) is 19.6 Å². The van der Waals surface area contributed by atoms with Crippen molar-refractivity contribution in [1.82, 2.24) is 0 Å². The number of hydrogen-bond acceptors (Lipinski definition) is 4. The number of hydrogen-bond donors (Lipinski definition) is 2. The predicted molar refractivity (Wildman–Crippen MR) is 64.7 cm³/mol. The Morgan fingerprint density at radius 2 is 1.56 bits per heavy atom. The normalized spacial score (nSPS) is 9.00. The highest BCUT2D eigenvalue weighted by Crippen LogP contribution is 1.99. The Morgan fingerprint density at radius 1 is 1.06 bits per heavy atom. The molecule has 96 valence electrons. The summed E-state index contributed by atoms with van der Waals surface area (Å²) in [5.74, 6) is 0. The van der Waals surface area contributed by atoms with Crippen molar-refractivity contribution in [2.24, 2.45) is 0 Å². The van der Waals surface area contributed by atoms with Gasteiger partial charge in [-0.25, -0.2) is 0 Å². The first kappa shape index (κ1) is 17.4. The fourth-order valence-corrected chi connectivity index (χ4v) is 0.840. The number of unbranched alkanes of at least 4 members (excludes halogenated alkanes) is 2. The van der Waals surface area contributed by atoms with Crippen molar-refractivity contribution in [3.05, 3.63) is 25.7 Å².